The minimum atomic E-state index is 0.00521. The van der Waals surface area contributed by atoms with E-state index in [2.05, 4.69) is 15.6 Å². The van der Waals surface area contributed by atoms with Gasteiger partial charge in [0.05, 0.1) is 16.2 Å². The number of hydrogen-bond donors (Lipinski definition) is 2. The number of amides is 1. The van der Waals surface area contributed by atoms with Gasteiger partial charge in [-0.25, -0.2) is 0 Å². The number of benzene rings is 1. The van der Waals surface area contributed by atoms with E-state index in [-0.39, 0.29) is 5.91 Å². The zero-order valence-corrected chi connectivity index (χ0v) is 11.8. The second-order valence-electron chi connectivity index (χ2n) is 5.02. The van der Waals surface area contributed by atoms with E-state index in [1.165, 1.54) is 12.8 Å². The first-order chi connectivity index (χ1) is 9.74. The molecule has 0 aliphatic heterocycles. The Hall–Kier alpha value is -1.65. The molecule has 2 aromatic rings. The highest BCUT2D eigenvalue weighted by molar-refractivity contribution is 6.35. The molecular weight excluding hydrogens is 274 g/mol. The lowest BCUT2D eigenvalue weighted by atomic mass is 10.1. The lowest BCUT2D eigenvalue weighted by Gasteiger charge is -2.09. The van der Waals surface area contributed by atoms with E-state index in [0.717, 1.165) is 17.6 Å². The summed E-state index contributed by atoms with van der Waals surface area (Å²) in [5.74, 6) is 0.00521. The van der Waals surface area contributed by atoms with E-state index in [4.69, 9.17) is 11.6 Å². The fraction of sp³-hybridized carbons (Fsp3) is 0.333. The van der Waals surface area contributed by atoms with Crippen molar-refractivity contribution in [3.05, 3.63) is 35.5 Å². The Bertz CT molecular complexity index is 640. The van der Waals surface area contributed by atoms with Gasteiger partial charge in [-0.3, -0.25) is 9.78 Å². The topological polar surface area (TPSA) is 54.0 Å². The van der Waals surface area contributed by atoms with Crippen LogP contribution in [0, 0.1) is 0 Å². The van der Waals surface area contributed by atoms with Crippen LogP contribution in [0.3, 0.4) is 0 Å². The normalized spacial score (nSPS) is 14.4. The molecular formula is C15H16ClN3O. The molecule has 0 saturated heterocycles. The minimum Gasteiger partial charge on any atom is -0.325 e. The molecule has 1 aromatic heterocycles. The van der Waals surface area contributed by atoms with Crippen LogP contribution in [0.25, 0.3) is 10.9 Å². The molecule has 5 heteroatoms. The number of rotatable bonds is 5. The molecule has 3 rings (SSSR count). The van der Waals surface area contributed by atoms with E-state index in [1.807, 2.05) is 18.2 Å². The number of aromatic nitrogens is 1. The molecule has 1 aliphatic rings. The van der Waals surface area contributed by atoms with Crippen LogP contribution in [-0.2, 0) is 4.79 Å². The number of fused-ring (bicyclic) bond motifs is 1. The third kappa shape index (κ3) is 3.08. The fourth-order valence-electron chi connectivity index (χ4n) is 2.14. The Morgan fingerprint density at radius 1 is 1.35 bits per heavy atom. The summed E-state index contributed by atoms with van der Waals surface area (Å²) in [5, 5.41) is 7.71. The Morgan fingerprint density at radius 2 is 2.20 bits per heavy atom. The molecule has 1 amide bonds. The molecule has 1 aliphatic carbocycles. The van der Waals surface area contributed by atoms with Crippen molar-refractivity contribution >= 4 is 34.1 Å². The average molecular weight is 290 g/mol. The number of nitrogens with one attached hydrogen (secondary N) is 2. The van der Waals surface area contributed by atoms with Crippen LogP contribution in [0.1, 0.15) is 19.3 Å². The van der Waals surface area contributed by atoms with Crippen LogP contribution in [0.2, 0.25) is 5.02 Å². The first-order valence-corrected chi connectivity index (χ1v) is 7.18. The molecule has 104 valence electrons. The van der Waals surface area contributed by atoms with Crippen molar-refractivity contribution in [2.75, 3.05) is 11.9 Å². The van der Waals surface area contributed by atoms with E-state index in [9.17, 15) is 4.79 Å². The molecule has 20 heavy (non-hydrogen) atoms. The quantitative estimate of drug-likeness (QED) is 0.890. The SMILES string of the molecule is O=C(CCNC1CC1)Nc1ccc(Cl)c2ncccc12. The van der Waals surface area contributed by atoms with Crippen molar-refractivity contribution in [2.45, 2.75) is 25.3 Å². The largest absolute Gasteiger partial charge is 0.325 e. The molecule has 0 atom stereocenters. The molecule has 2 N–H and O–H groups in total. The Kier molecular flexibility index (Phi) is 3.85. The highest BCUT2D eigenvalue weighted by atomic mass is 35.5. The second-order valence-corrected chi connectivity index (χ2v) is 5.43. The molecule has 0 unspecified atom stereocenters. The number of carbonyl (C=O) groups excluding carboxylic acids is 1. The molecule has 1 saturated carbocycles. The monoisotopic (exact) mass is 289 g/mol. The van der Waals surface area contributed by atoms with Gasteiger partial charge < -0.3 is 10.6 Å². The summed E-state index contributed by atoms with van der Waals surface area (Å²) >= 11 is 6.11. The highest BCUT2D eigenvalue weighted by Gasteiger charge is 2.20. The van der Waals surface area contributed by atoms with E-state index >= 15 is 0 Å². The minimum absolute atomic E-state index is 0.00521. The van der Waals surface area contributed by atoms with Crippen molar-refractivity contribution in [2.24, 2.45) is 0 Å². The van der Waals surface area contributed by atoms with Crippen molar-refractivity contribution < 1.29 is 4.79 Å². The lowest BCUT2D eigenvalue weighted by Crippen LogP contribution is -2.23. The molecule has 1 aromatic carbocycles. The van der Waals surface area contributed by atoms with Crippen LogP contribution >= 0.6 is 11.6 Å². The summed E-state index contributed by atoms with van der Waals surface area (Å²) < 4.78 is 0. The summed E-state index contributed by atoms with van der Waals surface area (Å²) in [4.78, 5) is 16.2. The van der Waals surface area contributed by atoms with Crippen molar-refractivity contribution in [1.82, 2.24) is 10.3 Å². The van der Waals surface area contributed by atoms with Crippen molar-refractivity contribution in [3.63, 3.8) is 0 Å². The third-order valence-corrected chi connectivity index (χ3v) is 3.66. The summed E-state index contributed by atoms with van der Waals surface area (Å²) in [6, 6.07) is 7.95. The number of hydrogen-bond acceptors (Lipinski definition) is 3. The van der Waals surface area contributed by atoms with E-state index in [0.29, 0.717) is 23.0 Å². The third-order valence-electron chi connectivity index (χ3n) is 3.36. The lowest BCUT2D eigenvalue weighted by molar-refractivity contribution is -0.116. The Balaban J connectivity index is 1.70. The zero-order chi connectivity index (χ0) is 13.9. The van der Waals surface area contributed by atoms with Crippen LogP contribution in [-0.4, -0.2) is 23.5 Å². The first kappa shape index (κ1) is 13.3. The zero-order valence-electron chi connectivity index (χ0n) is 11.0. The van der Waals surface area contributed by atoms with Gasteiger partial charge >= 0.3 is 0 Å². The van der Waals surface area contributed by atoms with E-state index in [1.54, 1.807) is 12.3 Å². The van der Waals surface area contributed by atoms with Gasteiger partial charge in [-0.15, -0.1) is 0 Å². The molecule has 0 radical (unpaired) electrons. The molecule has 0 spiro atoms. The summed E-state index contributed by atoms with van der Waals surface area (Å²) in [6.45, 7) is 0.722. The van der Waals surface area contributed by atoms with Gasteiger partial charge in [0.15, 0.2) is 0 Å². The van der Waals surface area contributed by atoms with Gasteiger partial charge in [0.1, 0.15) is 0 Å². The highest BCUT2D eigenvalue weighted by Crippen LogP contribution is 2.28. The smallest absolute Gasteiger partial charge is 0.225 e. The average Bonchev–Trinajstić information content (AvgIpc) is 3.27. The maximum absolute atomic E-state index is 11.9. The van der Waals surface area contributed by atoms with Crippen molar-refractivity contribution in [1.29, 1.82) is 0 Å². The van der Waals surface area contributed by atoms with Crippen LogP contribution in [0.4, 0.5) is 5.69 Å². The summed E-state index contributed by atoms with van der Waals surface area (Å²) in [7, 11) is 0. The van der Waals surface area contributed by atoms with Crippen LogP contribution < -0.4 is 10.6 Å². The maximum atomic E-state index is 11.9. The Morgan fingerprint density at radius 3 is 3.00 bits per heavy atom. The van der Waals surface area contributed by atoms with Crippen molar-refractivity contribution in [3.8, 4) is 0 Å². The standard InChI is InChI=1S/C15H16ClN3O/c16-12-5-6-13(11-2-1-8-18-15(11)12)19-14(20)7-9-17-10-3-4-10/h1-2,5-6,8,10,17H,3-4,7,9H2,(H,19,20). The van der Waals surface area contributed by atoms with Gasteiger partial charge in [0, 0.05) is 30.6 Å². The number of halogens is 1. The molecule has 1 heterocycles. The second kappa shape index (κ2) is 5.77. The van der Waals surface area contributed by atoms with Crippen LogP contribution in [0.5, 0.6) is 0 Å². The van der Waals surface area contributed by atoms with Gasteiger partial charge in [-0.2, -0.15) is 0 Å². The summed E-state index contributed by atoms with van der Waals surface area (Å²) in [6.07, 6.45) is 4.63. The van der Waals surface area contributed by atoms with Crippen LogP contribution in [0.15, 0.2) is 30.5 Å². The predicted molar refractivity (Wildman–Crippen MR) is 81.0 cm³/mol. The molecule has 1 fully saturated rings. The van der Waals surface area contributed by atoms with Gasteiger partial charge in [-0.05, 0) is 37.1 Å². The molecule has 0 bridgehead atoms. The number of nitrogens with zero attached hydrogens (tertiary/aromatic N) is 1. The number of carbonyl (C=O) groups is 1. The van der Waals surface area contributed by atoms with Gasteiger partial charge in [0.2, 0.25) is 5.91 Å². The first-order valence-electron chi connectivity index (χ1n) is 6.80. The summed E-state index contributed by atoms with van der Waals surface area (Å²) in [5.41, 5.74) is 1.47. The number of anilines is 1. The fourth-order valence-corrected chi connectivity index (χ4v) is 2.35. The molecule has 4 nitrogen and oxygen atoms in total. The van der Waals surface area contributed by atoms with Gasteiger partial charge in [0.25, 0.3) is 0 Å². The predicted octanol–water partition coefficient (Wildman–Crippen LogP) is 2.97. The number of pyridine rings is 1. The van der Waals surface area contributed by atoms with E-state index < -0.39 is 0 Å². The maximum Gasteiger partial charge on any atom is 0.225 e. The van der Waals surface area contributed by atoms with Gasteiger partial charge in [-0.1, -0.05) is 11.6 Å². The Labute approximate surface area is 122 Å².